The Labute approximate surface area is 346 Å². The highest BCUT2D eigenvalue weighted by Gasteiger charge is 2.23. The molecule has 2 aromatic heterocycles. The molecule has 0 fully saturated rings. The van der Waals surface area contributed by atoms with Crippen molar-refractivity contribution in [2.45, 2.75) is 0 Å². The molecule has 278 valence electrons. The fourth-order valence-electron chi connectivity index (χ4n) is 9.36. The summed E-state index contributed by atoms with van der Waals surface area (Å²) in [6.45, 7) is 0. The Hall–Kier alpha value is -8.01. The van der Waals surface area contributed by atoms with Gasteiger partial charge < -0.3 is 0 Å². The minimum Gasteiger partial charge on any atom is -0.247 e. The van der Waals surface area contributed by atoms with Crippen LogP contribution < -0.4 is 0 Å². The van der Waals surface area contributed by atoms with Gasteiger partial charge in [-0.15, -0.1) is 0 Å². The van der Waals surface area contributed by atoms with E-state index in [1.165, 1.54) is 37.7 Å². The second kappa shape index (κ2) is 13.8. The Morgan fingerprint density at radius 2 is 0.733 bits per heavy atom. The van der Waals surface area contributed by atoms with Crippen LogP contribution >= 0.6 is 0 Å². The van der Waals surface area contributed by atoms with Crippen molar-refractivity contribution in [2.75, 3.05) is 0 Å². The van der Waals surface area contributed by atoms with Crippen LogP contribution in [0.15, 0.2) is 212 Å². The molecule has 2 heterocycles. The molecule has 0 unspecified atom stereocenters. The number of fused-ring (bicyclic) bond motifs is 11. The number of aromatic nitrogens is 3. The average molecular weight is 762 g/mol. The maximum atomic E-state index is 5.57. The largest absolute Gasteiger partial charge is 0.247 e. The minimum atomic E-state index is 0.690. The lowest BCUT2D eigenvalue weighted by Crippen LogP contribution is -2.01. The topological polar surface area (TPSA) is 38.7 Å². The first-order valence-corrected chi connectivity index (χ1v) is 20.4. The van der Waals surface area contributed by atoms with Crippen LogP contribution in [0.25, 0.3) is 121 Å². The fourth-order valence-corrected chi connectivity index (χ4v) is 9.36. The molecule has 12 rings (SSSR count). The van der Waals surface area contributed by atoms with E-state index in [0.717, 1.165) is 77.5 Å². The van der Waals surface area contributed by atoms with Crippen molar-refractivity contribution in [1.82, 2.24) is 15.0 Å². The molecule has 0 aliphatic rings. The molecule has 0 amide bonds. The van der Waals surface area contributed by atoms with Gasteiger partial charge in [0.2, 0.25) is 0 Å². The Morgan fingerprint density at radius 3 is 1.38 bits per heavy atom. The monoisotopic (exact) mass is 761 g/mol. The van der Waals surface area contributed by atoms with Crippen LogP contribution in [0, 0.1) is 0 Å². The van der Waals surface area contributed by atoms with Crippen molar-refractivity contribution in [3.05, 3.63) is 212 Å². The predicted molar refractivity (Wildman–Crippen MR) is 252 cm³/mol. The summed E-state index contributed by atoms with van der Waals surface area (Å²) in [5.74, 6) is 0.690. The van der Waals surface area contributed by atoms with Crippen LogP contribution in [0.1, 0.15) is 0 Å². The number of benzene rings is 10. The zero-order valence-corrected chi connectivity index (χ0v) is 32.5. The Kier molecular flexibility index (Phi) is 7.85. The van der Waals surface area contributed by atoms with Crippen LogP contribution in [0.3, 0.4) is 0 Å². The third-order valence-corrected chi connectivity index (χ3v) is 12.0. The SMILES string of the molecule is c1ccc(-c2nc(-c3cc4ccccc4c4ccccc34)nc(-c3ccccc3)c2-c2cccc(-c3nc4ccccc4c4c5ccccc5c5ccccc5c34)c2)cc1. The number of hydrogen-bond donors (Lipinski definition) is 0. The van der Waals surface area contributed by atoms with Crippen molar-refractivity contribution < 1.29 is 0 Å². The van der Waals surface area contributed by atoms with E-state index in [-0.39, 0.29) is 0 Å². The summed E-state index contributed by atoms with van der Waals surface area (Å²) in [4.78, 5) is 16.7. The second-order valence-electron chi connectivity index (χ2n) is 15.4. The van der Waals surface area contributed by atoms with Crippen LogP contribution in [-0.2, 0) is 0 Å². The van der Waals surface area contributed by atoms with Crippen LogP contribution in [0.2, 0.25) is 0 Å². The summed E-state index contributed by atoms with van der Waals surface area (Å²) in [5, 5.41) is 13.1. The summed E-state index contributed by atoms with van der Waals surface area (Å²) < 4.78 is 0. The molecular weight excluding hydrogens is 727 g/mol. The lowest BCUT2D eigenvalue weighted by atomic mass is 9.88. The quantitative estimate of drug-likeness (QED) is 0.164. The molecule has 0 aliphatic carbocycles. The van der Waals surface area contributed by atoms with E-state index < -0.39 is 0 Å². The van der Waals surface area contributed by atoms with Gasteiger partial charge in [0, 0.05) is 44.0 Å². The first kappa shape index (κ1) is 34.1. The molecule has 0 atom stereocenters. The van der Waals surface area contributed by atoms with Gasteiger partial charge in [0.05, 0.1) is 22.6 Å². The van der Waals surface area contributed by atoms with E-state index in [0.29, 0.717) is 5.82 Å². The number of nitrogens with zero attached hydrogens (tertiary/aromatic N) is 3. The van der Waals surface area contributed by atoms with Gasteiger partial charge >= 0.3 is 0 Å². The molecule has 0 saturated heterocycles. The van der Waals surface area contributed by atoms with Gasteiger partial charge in [-0.1, -0.05) is 194 Å². The Morgan fingerprint density at radius 1 is 0.267 bits per heavy atom. The first-order chi connectivity index (χ1) is 29.8. The molecule has 3 nitrogen and oxygen atoms in total. The van der Waals surface area contributed by atoms with Gasteiger partial charge in [-0.05, 0) is 66.9 Å². The van der Waals surface area contributed by atoms with Crippen molar-refractivity contribution in [3.63, 3.8) is 0 Å². The minimum absolute atomic E-state index is 0.690. The van der Waals surface area contributed by atoms with E-state index in [1.54, 1.807) is 0 Å². The maximum absolute atomic E-state index is 5.57. The van der Waals surface area contributed by atoms with E-state index in [9.17, 15) is 0 Å². The molecule has 10 aromatic carbocycles. The van der Waals surface area contributed by atoms with Crippen molar-refractivity contribution in [2.24, 2.45) is 0 Å². The highest BCUT2D eigenvalue weighted by Crippen LogP contribution is 2.46. The predicted octanol–water partition coefficient (Wildman–Crippen LogP) is 15.1. The van der Waals surface area contributed by atoms with Gasteiger partial charge in [0.25, 0.3) is 0 Å². The fraction of sp³-hybridized carbons (Fsp3) is 0. The highest BCUT2D eigenvalue weighted by molar-refractivity contribution is 6.33. The molecule has 3 heteroatoms. The first-order valence-electron chi connectivity index (χ1n) is 20.4. The molecular formula is C57H35N3. The molecule has 60 heavy (non-hydrogen) atoms. The van der Waals surface area contributed by atoms with Gasteiger partial charge in [-0.25, -0.2) is 15.0 Å². The van der Waals surface area contributed by atoms with Gasteiger partial charge in [0.15, 0.2) is 5.82 Å². The molecule has 0 spiro atoms. The maximum Gasteiger partial charge on any atom is 0.161 e. The van der Waals surface area contributed by atoms with Gasteiger partial charge in [-0.2, -0.15) is 0 Å². The summed E-state index contributed by atoms with van der Waals surface area (Å²) >= 11 is 0. The average Bonchev–Trinajstić information content (AvgIpc) is 3.33. The molecule has 0 bridgehead atoms. The Bertz CT molecular complexity index is 3590. The summed E-state index contributed by atoms with van der Waals surface area (Å²) in [6.07, 6.45) is 0. The lowest BCUT2D eigenvalue weighted by molar-refractivity contribution is 1.19. The van der Waals surface area contributed by atoms with Crippen molar-refractivity contribution >= 4 is 64.8 Å². The van der Waals surface area contributed by atoms with Crippen LogP contribution in [0.4, 0.5) is 0 Å². The van der Waals surface area contributed by atoms with Crippen LogP contribution in [-0.4, -0.2) is 15.0 Å². The normalized spacial score (nSPS) is 11.7. The van der Waals surface area contributed by atoms with Gasteiger partial charge in [0.1, 0.15) is 0 Å². The molecule has 0 saturated carbocycles. The van der Waals surface area contributed by atoms with Crippen molar-refractivity contribution in [1.29, 1.82) is 0 Å². The number of rotatable bonds is 5. The second-order valence-corrected chi connectivity index (χ2v) is 15.4. The van der Waals surface area contributed by atoms with Gasteiger partial charge in [-0.3, -0.25) is 0 Å². The molecule has 0 radical (unpaired) electrons. The van der Waals surface area contributed by atoms with E-state index in [2.05, 4.69) is 212 Å². The Balaban J connectivity index is 1.18. The van der Waals surface area contributed by atoms with Crippen LogP contribution in [0.5, 0.6) is 0 Å². The smallest absolute Gasteiger partial charge is 0.161 e. The molecule has 0 aliphatic heterocycles. The van der Waals surface area contributed by atoms with Crippen molar-refractivity contribution in [3.8, 4) is 56.3 Å². The third kappa shape index (κ3) is 5.40. The molecule has 0 N–H and O–H groups in total. The zero-order chi connectivity index (χ0) is 39.6. The van der Waals surface area contributed by atoms with E-state index in [4.69, 9.17) is 15.0 Å². The summed E-state index contributed by atoms with van der Waals surface area (Å²) in [7, 11) is 0. The lowest BCUT2D eigenvalue weighted by Gasteiger charge is -2.19. The molecule has 12 aromatic rings. The standard InChI is InChI=1S/C57H35N3/c1-3-18-36(19-4-1)54-51(55(37-20-5-2-6-21-37)60-57(59-54)49-35-38-22-7-8-25-41(38)42-26-9-10-29-45(42)49)39-23-17-24-40(34-39)56-53-47-31-14-12-28-44(47)43-27-11-13-30-46(43)52(53)48-32-15-16-33-50(48)58-56/h1-35H. The van der Waals surface area contributed by atoms with E-state index in [1.807, 2.05) is 0 Å². The highest BCUT2D eigenvalue weighted by atomic mass is 14.9. The number of para-hydroxylation sites is 1. The summed E-state index contributed by atoms with van der Waals surface area (Å²) in [6, 6.07) is 75.5. The zero-order valence-electron chi connectivity index (χ0n) is 32.5. The third-order valence-electron chi connectivity index (χ3n) is 12.0. The number of pyridine rings is 1. The van der Waals surface area contributed by atoms with E-state index >= 15 is 0 Å². The summed E-state index contributed by atoms with van der Waals surface area (Å²) in [5.41, 5.74) is 9.76. The number of hydrogen-bond acceptors (Lipinski definition) is 3.